The van der Waals surface area contributed by atoms with Gasteiger partial charge in [0, 0.05) is 71.3 Å². The van der Waals surface area contributed by atoms with Gasteiger partial charge in [-0.2, -0.15) is 0 Å². The molecule has 1 aromatic heterocycles. The SMILES string of the molecule is CCC12CC3C(C)(C(OC(C)=O)c4ccoc4)C(OC(C)=O)C(OC(C)=O)C4(O)C3(O1)C(O2)C1(OC(C)=O)C(OC(C)=O)C2(C)CC1(O)C4(COC(C)=O)C2CC(=O)OC. The Morgan fingerprint density at radius 2 is 1.50 bits per heavy atom. The van der Waals surface area contributed by atoms with Gasteiger partial charge in [0.1, 0.15) is 35.6 Å². The third-order valence-electron chi connectivity index (χ3n) is 14.7. The van der Waals surface area contributed by atoms with E-state index in [1.165, 1.54) is 18.6 Å². The van der Waals surface area contributed by atoms with Crippen molar-refractivity contribution in [3.8, 4) is 0 Å². The van der Waals surface area contributed by atoms with E-state index >= 15 is 0 Å². The summed E-state index contributed by atoms with van der Waals surface area (Å²) in [5.41, 5.74) is -16.6. The fourth-order valence-electron chi connectivity index (χ4n) is 13.3. The van der Waals surface area contributed by atoms with Crippen LogP contribution in [0.4, 0.5) is 0 Å². The molecule has 0 amide bonds. The van der Waals surface area contributed by atoms with Crippen LogP contribution in [0.3, 0.4) is 0 Å². The Morgan fingerprint density at radius 3 is 2.02 bits per heavy atom. The first-order valence-electron chi connectivity index (χ1n) is 19.8. The molecule has 2 aliphatic heterocycles. The molecule has 4 aliphatic carbocycles. The summed E-state index contributed by atoms with van der Waals surface area (Å²) in [6, 6.07) is 1.50. The van der Waals surface area contributed by atoms with Crippen LogP contribution in [0.2, 0.25) is 0 Å². The first kappa shape index (κ1) is 43.5. The molecule has 60 heavy (non-hydrogen) atoms. The predicted molar refractivity (Wildman–Crippen MR) is 194 cm³/mol. The van der Waals surface area contributed by atoms with E-state index in [0.717, 1.165) is 48.7 Å². The Hall–Kier alpha value is -4.59. The van der Waals surface area contributed by atoms with Crippen molar-refractivity contribution in [3.63, 3.8) is 0 Å². The molecule has 1 spiro atoms. The monoisotopic (exact) mass is 848 g/mol. The van der Waals surface area contributed by atoms with Crippen molar-refractivity contribution in [2.24, 2.45) is 28.1 Å². The minimum absolute atomic E-state index is 0.0148. The Balaban J connectivity index is 1.72. The molecule has 19 heteroatoms. The molecule has 15 atom stereocenters. The second-order valence-corrected chi connectivity index (χ2v) is 17.7. The van der Waals surface area contributed by atoms with Crippen LogP contribution in [0.15, 0.2) is 23.0 Å². The van der Waals surface area contributed by atoms with E-state index in [9.17, 15) is 43.8 Å². The zero-order valence-electron chi connectivity index (χ0n) is 35.1. The highest BCUT2D eigenvalue weighted by Gasteiger charge is 3.05. The van der Waals surface area contributed by atoms with Gasteiger partial charge in [0.2, 0.25) is 5.60 Å². The minimum Gasteiger partial charge on any atom is -0.472 e. The van der Waals surface area contributed by atoms with E-state index in [2.05, 4.69) is 0 Å². The van der Waals surface area contributed by atoms with Crippen LogP contribution in [-0.4, -0.2) is 118 Å². The van der Waals surface area contributed by atoms with Crippen molar-refractivity contribution in [3.05, 3.63) is 24.2 Å². The van der Waals surface area contributed by atoms with Crippen molar-refractivity contribution in [1.29, 1.82) is 0 Å². The van der Waals surface area contributed by atoms with Crippen LogP contribution in [0.25, 0.3) is 0 Å². The third kappa shape index (κ3) is 5.05. The molecule has 4 saturated carbocycles. The fourth-order valence-corrected chi connectivity index (χ4v) is 13.3. The number of carbonyl (C=O) groups is 7. The third-order valence-corrected chi connectivity index (χ3v) is 14.7. The maximum Gasteiger partial charge on any atom is 0.305 e. The van der Waals surface area contributed by atoms with Gasteiger partial charge in [-0.3, -0.25) is 33.6 Å². The number of hydrogen-bond acceptors (Lipinski definition) is 19. The normalized spacial score (nSPS) is 44.2. The van der Waals surface area contributed by atoms with E-state index in [1.807, 2.05) is 0 Å². The number of aliphatic hydroxyl groups is 2. The van der Waals surface area contributed by atoms with Crippen LogP contribution in [0.1, 0.15) is 99.7 Å². The van der Waals surface area contributed by atoms with E-state index in [4.69, 9.17) is 47.0 Å². The maximum absolute atomic E-state index is 14.8. The second-order valence-electron chi connectivity index (χ2n) is 17.7. The summed E-state index contributed by atoms with van der Waals surface area (Å²) in [6.07, 6.45) is -7.66. The summed E-state index contributed by atoms with van der Waals surface area (Å²) in [6.45, 7) is 10.3. The smallest absolute Gasteiger partial charge is 0.305 e. The van der Waals surface area contributed by atoms with E-state index < -0.39 is 148 Å². The summed E-state index contributed by atoms with van der Waals surface area (Å²) in [5, 5.41) is 28.8. The molecule has 0 radical (unpaired) electrons. The minimum atomic E-state index is -2.99. The van der Waals surface area contributed by atoms with Gasteiger partial charge in [-0.25, -0.2) is 0 Å². The van der Waals surface area contributed by atoms with Crippen LogP contribution in [0.5, 0.6) is 0 Å². The van der Waals surface area contributed by atoms with E-state index in [-0.39, 0.29) is 18.4 Å². The molecule has 6 fully saturated rings. The number of ether oxygens (including phenoxy) is 9. The molecule has 3 heterocycles. The second kappa shape index (κ2) is 13.7. The number of furan rings is 1. The van der Waals surface area contributed by atoms with Gasteiger partial charge in [0.15, 0.2) is 24.1 Å². The molecule has 15 unspecified atom stereocenters. The average molecular weight is 849 g/mol. The van der Waals surface area contributed by atoms with E-state index in [1.54, 1.807) is 20.8 Å². The number of methoxy groups -OCH3 is 1. The fraction of sp³-hybridized carbons (Fsp3) is 0.732. The molecule has 330 valence electrons. The first-order valence-corrected chi connectivity index (χ1v) is 19.8. The van der Waals surface area contributed by atoms with Crippen LogP contribution < -0.4 is 0 Å². The number of carbonyl (C=O) groups excluding carboxylic acids is 7. The Kier molecular flexibility index (Phi) is 9.94. The van der Waals surface area contributed by atoms with Crippen molar-refractivity contribution < 1.29 is 90.8 Å². The quantitative estimate of drug-likeness (QED) is 0.225. The summed E-state index contributed by atoms with van der Waals surface area (Å²) in [5.74, 6) is -11.0. The van der Waals surface area contributed by atoms with Crippen molar-refractivity contribution in [2.45, 2.75) is 147 Å². The Labute approximate surface area is 344 Å². The molecule has 4 bridgehead atoms. The van der Waals surface area contributed by atoms with Crippen LogP contribution in [-0.2, 0) is 76.2 Å². The summed E-state index contributed by atoms with van der Waals surface area (Å²) in [4.78, 5) is 94.0. The molecule has 2 saturated heterocycles. The predicted octanol–water partition coefficient (Wildman–Crippen LogP) is 1.91. The topological polar surface area (TPSA) is 256 Å². The highest BCUT2D eigenvalue weighted by Crippen LogP contribution is 2.87. The van der Waals surface area contributed by atoms with Gasteiger partial charge in [0.05, 0.1) is 30.5 Å². The van der Waals surface area contributed by atoms with Gasteiger partial charge in [-0.15, -0.1) is 0 Å². The zero-order valence-corrected chi connectivity index (χ0v) is 35.1. The zero-order chi connectivity index (χ0) is 44.4. The summed E-state index contributed by atoms with van der Waals surface area (Å²) in [7, 11) is 1.11. The molecule has 7 rings (SSSR count). The number of rotatable bonds is 12. The maximum atomic E-state index is 14.8. The van der Waals surface area contributed by atoms with Crippen LogP contribution in [0, 0.1) is 28.1 Å². The molecule has 2 N–H and O–H groups in total. The van der Waals surface area contributed by atoms with Crippen molar-refractivity contribution in [1.82, 2.24) is 0 Å². The number of hydrogen-bond donors (Lipinski definition) is 2. The van der Waals surface area contributed by atoms with Crippen molar-refractivity contribution in [2.75, 3.05) is 13.7 Å². The van der Waals surface area contributed by atoms with Gasteiger partial charge in [-0.05, 0) is 24.8 Å². The lowest BCUT2D eigenvalue weighted by Crippen LogP contribution is -2.97. The van der Waals surface area contributed by atoms with Crippen molar-refractivity contribution >= 4 is 41.8 Å². The highest BCUT2D eigenvalue weighted by molar-refractivity contribution is 5.74. The molecular formula is C41H52O19. The van der Waals surface area contributed by atoms with Gasteiger partial charge in [-0.1, -0.05) is 20.8 Å². The first-order chi connectivity index (χ1) is 27.9. The van der Waals surface area contributed by atoms with Gasteiger partial charge < -0.3 is 57.3 Å². The Bertz CT molecular complexity index is 2020. The molecule has 1 aromatic rings. The average Bonchev–Trinajstić information content (AvgIpc) is 3.95. The summed E-state index contributed by atoms with van der Waals surface area (Å²) >= 11 is 0. The van der Waals surface area contributed by atoms with Gasteiger partial charge >= 0.3 is 41.8 Å². The van der Waals surface area contributed by atoms with Crippen LogP contribution >= 0.6 is 0 Å². The molecular weight excluding hydrogens is 796 g/mol. The highest BCUT2D eigenvalue weighted by atomic mass is 16.8. The lowest BCUT2D eigenvalue weighted by molar-refractivity contribution is -0.447. The number of fused-ring (bicyclic) bond motifs is 4. The molecule has 0 aromatic carbocycles. The molecule has 19 nitrogen and oxygen atoms in total. The standard InChI is InChI=1S/C41H52O19/c1-11-36-15-27-35(9,29(54-20(3)43)25-12-13-52-16-25)30(55-21(4)44)31(56-22(5)45)41(50)37(18-53-19(2)42)26(14-28(48)51-10)34(8)17-38(37,49)40(58-24(7)47,32(34)57-23(6)46)33(59-36)39(27,41)60-36/h12-13,16,26-27,29-33,49-50H,11,14-15,17-18H2,1-10H3. The lowest BCUT2D eigenvalue weighted by atomic mass is 9.32. The van der Waals surface area contributed by atoms with E-state index in [0.29, 0.717) is 0 Å². The Morgan fingerprint density at radius 1 is 0.867 bits per heavy atom. The van der Waals surface area contributed by atoms with Gasteiger partial charge in [0.25, 0.3) is 0 Å². The summed E-state index contributed by atoms with van der Waals surface area (Å²) < 4.78 is 61.6. The molecule has 6 aliphatic rings. The largest absolute Gasteiger partial charge is 0.472 e. The lowest BCUT2D eigenvalue weighted by Gasteiger charge is -2.77. The number of esters is 7.